The van der Waals surface area contributed by atoms with Crippen LogP contribution in [0, 0.1) is 5.92 Å². The first-order valence-electron chi connectivity index (χ1n) is 8.76. The van der Waals surface area contributed by atoms with Crippen LogP contribution in [0.3, 0.4) is 0 Å². The maximum atomic E-state index is 13.1. The largest absolute Gasteiger partial charge is 0.497 e. The number of carboxylic acids is 1. The lowest BCUT2D eigenvalue weighted by Crippen LogP contribution is -2.35. The summed E-state index contributed by atoms with van der Waals surface area (Å²) >= 11 is 0. The van der Waals surface area contributed by atoms with E-state index in [4.69, 9.17) is 9.47 Å². The highest BCUT2D eigenvalue weighted by atomic mass is 16.5. The topological polar surface area (TPSA) is 110 Å². The summed E-state index contributed by atoms with van der Waals surface area (Å²) in [6.07, 6.45) is 0. The number of nitrogens with zero attached hydrogens (tertiary/aromatic N) is 1. The molecule has 0 radical (unpaired) electrons. The van der Waals surface area contributed by atoms with Gasteiger partial charge in [-0.3, -0.25) is 19.2 Å². The van der Waals surface area contributed by atoms with Crippen molar-refractivity contribution in [3.63, 3.8) is 0 Å². The molecule has 2 aromatic rings. The van der Waals surface area contributed by atoms with Gasteiger partial charge in [0.2, 0.25) is 5.78 Å². The van der Waals surface area contributed by atoms with Crippen LogP contribution in [0.2, 0.25) is 0 Å². The number of ether oxygens (including phenoxy) is 2. The second-order valence-electron chi connectivity index (χ2n) is 6.45. The van der Waals surface area contributed by atoms with Crippen LogP contribution >= 0.6 is 0 Å². The van der Waals surface area contributed by atoms with E-state index in [1.54, 1.807) is 48.5 Å². The third kappa shape index (κ3) is 3.69. The molecule has 0 bridgehead atoms. The predicted octanol–water partition coefficient (Wildman–Crippen LogP) is 1.74. The first-order valence-corrected chi connectivity index (χ1v) is 8.76. The van der Waals surface area contributed by atoms with E-state index in [2.05, 4.69) is 0 Å². The molecule has 3 rings (SSSR count). The lowest BCUT2D eigenvalue weighted by molar-refractivity contribution is -0.146. The summed E-state index contributed by atoms with van der Waals surface area (Å²) in [4.78, 5) is 50.7. The summed E-state index contributed by atoms with van der Waals surface area (Å²) in [5.41, 5.74) is 0.608. The van der Waals surface area contributed by atoms with Crippen molar-refractivity contribution in [3.8, 4) is 11.5 Å². The van der Waals surface area contributed by atoms with E-state index in [9.17, 15) is 24.3 Å². The highest BCUT2D eigenvalue weighted by Gasteiger charge is 2.53. The Morgan fingerprint density at radius 1 is 1.03 bits per heavy atom. The molecule has 0 aliphatic carbocycles. The summed E-state index contributed by atoms with van der Waals surface area (Å²) in [5.74, 6) is -4.44. The van der Waals surface area contributed by atoms with E-state index in [0.29, 0.717) is 11.3 Å². The number of benzene rings is 2. The number of carboxylic acid groups (broad SMARTS) is 1. The molecule has 1 amide bonds. The molecule has 150 valence electrons. The van der Waals surface area contributed by atoms with Crippen molar-refractivity contribution in [2.45, 2.75) is 6.04 Å². The van der Waals surface area contributed by atoms with Crippen LogP contribution in [0.4, 0.5) is 0 Å². The minimum absolute atomic E-state index is 0.258. The Hall–Kier alpha value is -3.68. The van der Waals surface area contributed by atoms with E-state index in [1.807, 2.05) is 0 Å². The van der Waals surface area contributed by atoms with Crippen molar-refractivity contribution in [1.29, 1.82) is 0 Å². The number of methoxy groups -OCH3 is 2. The summed E-state index contributed by atoms with van der Waals surface area (Å²) in [7, 11) is 2.86. The minimum Gasteiger partial charge on any atom is -0.497 e. The average Bonchev–Trinajstić information content (AvgIpc) is 2.97. The molecule has 1 fully saturated rings. The van der Waals surface area contributed by atoms with Crippen molar-refractivity contribution in [3.05, 3.63) is 59.7 Å². The predicted molar refractivity (Wildman–Crippen MR) is 101 cm³/mol. The molecule has 2 unspecified atom stereocenters. The van der Waals surface area contributed by atoms with Crippen molar-refractivity contribution >= 4 is 23.4 Å². The molecule has 0 saturated carbocycles. The van der Waals surface area contributed by atoms with E-state index in [1.165, 1.54) is 14.2 Å². The number of Topliss-reactive ketones (excluding diaryl/α,β-unsaturated/α-hetero) is 2. The van der Waals surface area contributed by atoms with E-state index < -0.39 is 41.9 Å². The van der Waals surface area contributed by atoms with Gasteiger partial charge in [-0.05, 0) is 12.1 Å². The van der Waals surface area contributed by atoms with Crippen LogP contribution in [0.15, 0.2) is 48.5 Å². The Morgan fingerprint density at radius 3 is 2.31 bits per heavy atom. The van der Waals surface area contributed by atoms with Gasteiger partial charge in [-0.25, -0.2) is 0 Å². The fourth-order valence-electron chi connectivity index (χ4n) is 3.49. The fraction of sp³-hybridized carbons (Fsp3) is 0.238. The summed E-state index contributed by atoms with van der Waals surface area (Å²) in [6.45, 7) is -0.719. The van der Waals surface area contributed by atoms with Gasteiger partial charge in [-0.2, -0.15) is 0 Å². The molecule has 1 heterocycles. The average molecular weight is 397 g/mol. The zero-order valence-electron chi connectivity index (χ0n) is 15.8. The third-order valence-corrected chi connectivity index (χ3v) is 4.81. The van der Waals surface area contributed by atoms with Gasteiger partial charge in [-0.1, -0.05) is 30.3 Å². The second-order valence-corrected chi connectivity index (χ2v) is 6.45. The molecule has 2 atom stereocenters. The molecule has 1 N–H and O–H groups in total. The molecule has 0 aromatic heterocycles. The van der Waals surface area contributed by atoms with Crippen molar-refractivity contribution < 1.29 is 33.8 Å². The van der Waals surface area contributed by atoms with E-state index >= 15 is 0 Å². The standard InChI is InChI=1S/C21H19NO7/c1-28-13-8-9-14(15(10-13)29-2)18-17(19(25)12-6-4-3-5-7-12)20(26)21(27)22(18)11-16(23)24/h3-10,17-18H,11H2,1-2H3,(H,23,24). The highest BCUT2D eigenvalue weighted by molar-refractivity contribution is 6.44. The molecule has 1 aliphatic rings. The monoisotopic (exact) mass is 397 g/mol. The van der Waals surface area contributed by atoms with Gasteiger partial charge in [0.25, 0.3) is 5.91 Å². The molecule has 1 saturated heterocycles. The number of aliphatic carboxylic acids is 1. The Balaban J connectivity index is 2.15. The van der Waals surface area contributed by atoms with Gasteiger partial charge in [0.05, 0.1) is 20.3 Å². The number of rotatable bonds is 7. The second kappa shape index (κ2) is 8.14. The normalized spacial score (nSPS) is 18.6. The van der Waals surface area contributed by atoms with Gasteiger partial charge >= 0.3 is 5.97 Å². The van der Waals surface area contributed by atoms with Crippen LogP contribution in [0.1, 0.15) is 22.0 Å². The van der Waals surface area contributed by atoms with Crippen LogP contribution in [0.5, 0.6) is 11.5 Å². The highest BCUT2D eigenvalue weighted by Crippen LogP contribution is 2.42. The van der Waals surface area contributed by atoms with Gasteiger partial charge in [0.15, 0.2) is 5.78 Å². The fourth-order valence-corrected chi connectivity index (χ4v) is 3.49. The van der Waals surface area contributed by atoms with Crippen LogP contribution < -0.4 is 9.47 Å². The number of carbonyl (C=O) groups excluding carboxylic acids is 3. The van der Waals surface area contributed by atoms with Crippen LogP contribution in [0.25, 0.3) is 0 Å². The molecule has 8 nitrogen and oxygen atoms in total. The smallest absolute Gasteiger partial charge is 0.323 e. The van der Waals surface area contributed by atoms with Crippen LogP contribution in [-0.2, 0) is 14.4 Å². The maximum Gasteiger partial charge on any atom is 0.323 e. The third-order valence-electron chi connectivity index (χ3n) is 4.81. The lowest BCUT2D eigenvalue weighted by Gasteiger charge is -2.27. The Morgan fingerprint density at radius 2 is 1.72 bits per heavy atom. The molecular weight excluding hydrogens is 378 g/mol. The number of hydrogen-bond acceptors (Lipinski definition) is 6. The minimum atomic E-state index is -1.38. The molecule has 0 spiro atoms. The van der Waals surface area contributed by atoms with Gasteiger partial charge in [-0.15, -0.1) is 0 Å². The number of carbonyl (C=O) groups is 4. The van der Waals surface area contributed by atoms with Crippen molar-refractivity contribution in [1.82, 2.24) is 4.90 Å². The SMILES string of the molecule is COc1ccc(C2C(C(=O)c3ccccc3)C(=O)C(=O)N2CC(=O)O)c(OC)c1. The Labute approximate surface area is 166 Å². The quantitative estimate of drug-likeness (QED) is 0.430. The summed E-state index contributed by atoms with van der Waals surface area (Å²) < 4.78 is 10.5. The molecule has 29 heavy (non-hydrogen) atoms. The van der Waals surface area contributed by atoms with E-state index in [0.717, 1.165) is 4.90 Å². The Kier molecular flexibility index (Phi) is 5.63. The number of ketones is 2. The molecule has 1 aliphatic heterocycles. The number of hydrogen-bond donors (Lipinski definition) is 1. The molecular formula is C21H19NO7. The zero-order chi connectivity index (χ0) is 21.1. The van der Waals surface area contributed by atoms with Crippen molar-refractivity contribution in [2.75, 3.05) is 20.8 Å². The first kappa shape index (κ1) is 20.1. The summed E-state index contributed by atoms with van der Waals surface area (Å²) in [6, 6.07) is 11.7. The number of amides is 1. The van der Waals surface area contributed by atoms with Crippen molar-refractivity contribution in [2.24, 2.45) is 5.92 Å². The van der Waals surface area contributed by atoms with Gasteiger partial charge < -0.3 is 19.5 Å². The summed E-state index contributed by atoms with van der Waals surface area (Å²) in [5, 5.41) is 9.25. The van der Waals surface area contributed by atoms with Gasteiger partial charge in [0.1, 0.15) is 24.0 Å². The number of likely N-dealkylation sites (tertiary alicyclic amines) is 1. The molecule has 8 heteroatoms. The molecule has 2 aromatic carbocycles. The lowest BCUT2D eigenvalue weighted by atomic mass is 9.86. The first-order chi connectivity index (χ1) is 13.9. The zero-order valence-corrected chi connectivity index (χ0v) is 15.8. The maximum absolute atomic E-state index is 13.1. The van der Waals surface area contributed by atoms with Gasteiger partial charge in [0, 0.05) is 17.2 Å². The Bertz CT molecular complexity index is 970. The van der Waals surface area contributed by atoms with E-state index in [-0.39, 0.29) is 11.3 Å². The van der Waals surface area contributed by atoms with Crippen LogP contribution in [-0.4, -0.2) is 54.2 Å².